The first-order chi connectivity index (χ1) is 11.1. The minimum atomic E-state index is -0.305. The third-order valence-electron chi connectivity index (χ3n) is 3.51. The van der Waals surface area contributed by atoms with Crippen molar-refractivity contribution in [2.45, 2.75) is 6.54 Å². The van der Waals surface area contributed by atoms with Crippen molar-refractivity contribution in [2.24, 2.45) is 0 Å². The third kappa shape index (κ3) is 2.96. The fourth-order valence-electron chi connectivity index (χ4n) is 2.36. The van der Waals surface area contributed by atoms with Crippen molar-refractivity contribution in [1.29, 1.82) is 0 Å². The minimum Gasteiger partial charge on any atom is -0.496 e. The van der Waals surface area contributed by atoms with Gasteiger partial charge < -0.3 is 4.74 Å². The number of fused-ring (bicyclic) bond motifs is 1. The van der Waals surface area contributed by atoms with E-state index in [1.165, 1.54) is 18.0 Å². The summed E-state index contributed by atoms with van der Waals surface area (Å²) in [5.41, 5.74) is 0.661. The van der Waals surface area contributed by atoms with Crippen LogP contribution in [0.5, 0.6) is 5.75 Å². The van der Waals surface area contributed by atoms with Crippen LogP contribution in [0.1, 0.15) is 10.4 Å². The summed E-state index contributed by atoms with van der Waals surface area (Å²) in [6, 6.07) is 11.8. The number of carbonyl (C=O) groups is 1. The number of Topliss-reactive ketones (excluding diaryl/α,β-unsaturated/α-hetero) is 1. The molecule has 0 aliphatic rings. The van der Waals surface area contributed by atoms with Gasteiger partial charge in [-0.15, -0.1) is 0 Å². The lowest BCUT2D eigenvalue weighted by atomic mass is 10.1. The fourth-order valence-corrected chi connectivity index (χ4v) is 2.53. The first-order valence-electron chi connectivity index (χ1n) is 6.91. The molecule has 23 heavy (non-hydrogen) atoms. The second-order valence-electron chi connectivity index (χ2n) is 4.96. The summed E-state index contributed by atoms with van der Waals surface area (Å²) >= 11 is 5.92. The first kappa shape index (κ1) is 15.2. The lowest BCUT2D eigenvalue weighted by Gasteiger charge is -2.09. The molecule has 0 fully saturated rings. The molecular weight excluding hydrogens is 316 g/mol. The van der Waals surface area contributed by atoms with Gasteiger partial charge in [-0.25, -0.2) is 4.98 Å². The zero-order chi connectivity index (χ0) is 16.4. The molecule has 1 aromatic heterocycles. The molecule has 0 saturated carbocycles. The summed E-state index contributed by atoms with van der Waals surface area (Å²) < 4.78 is 6.45. The van der Waals surface area contributed by atoms with E-state index >= 15 is 0 Å². The highest BCUT2D eigenvalue weighted by atomic mass is 35.5. The van der Waals surface area contributed by atoms with Crippen LogP contribution >= 0.6 is 11.6 Å². The Balaban J connectivity index is 2.00. The number of para-hydroxylation sites is 1. The molecule has 3 rings (SSSR count). The number of ether oxygens (including phenoxy) is 1. The smallest absolute Gasteiger partial charge is 0.261 e. The number of benzene rings is 2. The monoisotopic (exact) mass is 328 g/mol. The van der Waals surface area contributed by atoms with E-state index in [4.69, 9.17) is 16.3 Å². The Morgan fingerprint density at radius 2 is 2.04 bits per heavy atom. The van der Waals surface area contributed by atoms with Gasteiger partial charge >= 0.3 is 0 Å². The number of nitrogens with zero attached hydrogens (tertiary/aromatic N) is 2. The van der Waals surface area contributed by atoms with Gasteiger partial charge in [0.25, 0.3) is 5.56 Å². The summed E-state index contributed by atoms with van der Waals surface area (Å²) in [6.07, 6.45) is 1.37. The standard InChI is InChI=1S/C17H13ClN2O3/c1-23-16-5-3-2-4-12(16)15(21)9-20-10-19-14-7-6-11(18)8-13(14)17(20)22/h2-8,10H,9H2,1H3. The number of halogens is 1. The summed E-state index contributed by atoms with van der Waals surface area (Å²) in [7, 11) is 1.50. The van der Waals surface area contributed by atoms with E-state index in [-0.39, 0.29) is 17.9 Å². The summed E-state index contributed by atoms with van der Waals surface area (Å²) in [5, 5.41) is 0.832. The maximum Gasteiger partial charge on any atom is 0.261 e. The van der Waals surface area contributed by atoms with Gasteiger partial charge in [-0.1, -0.05) is 23.7 Å². The zero-order valence-electron chi connectivity index (χ0n) is 12.3. The average molecular weight is 329 g/mol. The highest BCUT2D eigenvalue weighted by molar-refractivity contribution is 6.31. The van der Waals surface area contributed by atoms with Crippen LogP contribution in [0.4, 0.5) is 0 Å². The molecule has 3 aromatic rings. The maximum absolute atomic E-state index is 12.5. The van der Waals surface area contributed by atoms with Crippen molar-refractivity contribution in [3.05, 3.63) is 69.7 Å². The van der Waals surface area contributed by atoms with Crippen LogP contribution in [0, 0.1) is 0 Å². The van der Waals surface area contributed by atoms with Crippen molar-refractivity contribution in [3.8, 4) is 5.75 Å². The number of aromatic nitrogens is 2. The van der Waals surface area contributed by atoms with Gasteiger partial charge in [0.05, 0.1) is 36.4 Å². The molecule has 0 bridgehead atoms. The van der Waals surface area contributed by atoms with E-state index in [9.17, 15) is 9.59 Å². The van der Waals surface area contributed by atoms with E-state index < -0.39 is 0 Å². The number of rotatable bonds is 4. The number of hydrogen-bond donors (Lipinski definition) is 0. The average Bonchev–Trinajstić information content (AvgIpc) is 2.57. The third-order valence-corrected chi connectivity index (χ3v) is 3.74. The molecule has 0 radical (unpaired) electrons. The van der Waals surface area contributed by atoms with Crippen LogP contribution in [0.25, 0.3) is 10.9 Å². The molecule has 0 atom stereocenters. The second-order valence-corrected chi connectivity index (χ2v) is 5.40. The Labute approximate surface area is 137 Å². The Kier molecular flexibility index (Phi) is 4.12. The quantitative estimate of drug-likeness (QED) is 0.691. The summed E-state index contributed by atoms with van der Waals surface area (Å²) in [4.78, 5) is 29.1. The number of hydrogen-bond acceptors (Lipinski definition) is 4. The van der Waals surface area contributed by atoms with Gasteiger partial charge in [0.2, 0.25) is 0 Å². The molecule has 0 spiro atoms. The van der Waals surface area contributed by atoms with Crippen molar-refractivity contribution >= 4 is 28.3 Å². The van der Waals surface area contributed by atoms with E-state index in [0.717, 1.165) is 0 Å². The molecule has 0 saturated heterocycles. The summed E-state index contributed by atoms with van der Waals surface area (Å²) in [6.45, 7) is -0.116. The second kappa shape index (κ2) is 6.22. The first-order valence-corrected chi connectivity index (χ1v) is 7.29. The van der Waals surface area contributed by atoms with Crippen molar-refractivity contribution < 1.29 is 9.53 Å². The highest BCUT2D eigenvalue weighted by Crippen LogP contribution is 2.18. The largest absolute Gasteiger partial charge is 0.496 e. The maximum atomic E-state index is 12.5. The molecule has 1 heterocycles. The van der Waals surface area contributed by atoms with Crippen molar-refractivity contribution in [1.82, 2.24) is 9.55 Å². The normalized spacial score (nSPS) is 10.7. The van der Waals surface area contributed by atoms with Crippen LogP contribution in [-0.2, 0) is 6.54 Å². The van der Waals surface area contributed by atoms with E-state index in [0.29, 0.717) is 27.2 Å². The SMILES string of the molecule is COc1ccccc1C(=O)Cn1cnc2ccc(Cl)cc2c1=O. The van der Waals surface area contributed by atoms with Gasteiger partial charge in [-0.2, -0.15) is 0 Å². The van der Waals surface area contributed by atoms with E-state index in [1.54, 1.807) is 42.5 Å². The molecular formula is C17H13ClN2O3. The Bertz CT molecular complexity index is 950. The Hall–Kier alpha value is -2.66. The number of carbonyl (C=O) groups excluding carboxylic acids is 1. The summed E-state index contributed by atoms with van der Waals surface area (Å²) in [5.74, 6) is 0.245. The van der Waals surface area contributed by atoms with Gasteiger partial charge in [0, 0.05) is 5.02 Å². The Morgan fingerprint density at radius 1 is 1.26 bits per heavy atom. The van der Waals surface area contributed by atoms with Crippen LogP contribution in [0.15, 0.2) is 53.6 Å². The Morgan fingerprint density at radius 3 is 2.83 bits per heavy atom. The highest BCUT2D eigenvalue weighted by Gasteiger charge is 2.14. The molecule has 116 valence electrons. The van der Waals surface area contributed by atoms with Crippen molar-refractivity contribution in [3.63, 3.8) is 0 Å². The lowest BCUT2D eigenvalue weighted by molar-refractivity contribution is 0.0967. The van der Waals surface area contributed by atoms with Gasteiger partial charge in [0.1, 0.15) is 5.75 Å². The predicted octanol–water partition coefficient (Wildman–Crippen LogP) is 2.94. The minimum absolute atomic E-state index is 0.116. The van der Waals surface area contributed by atoms with E-state index in [2.05, 4.69) is 4.98 Å². The van der Waals surface area contributed by atoms with Crippen molar-refractivity contribution in [2.75, 3.05) is 7.11 Å². The predicted molar refractivity (Wildman–Crippen MR) is 88.3 cm³/mol. The van der Waals surface area contributed by atoms with Crippen LogP contribution < -0.4 is 10.3 Å². The molecule has 2 aromatic carbocycles. The molecule has 0 amide bonds. The molecule has 0 unspecified atom stereocenters. The topological polar surface area (TPSA) is 61.2 Å². The van der Waals surface area contributed by atoms with Gasteiger partial charge in [-0.05, 0) is 30.3 Å². The zero-order valence-corrected chi connectivity index (χ0v) is 13.1. The molecule has 0 aliphatic heterocycles. The molecule has 6 heteroatoms. The van der Waals surface area contributed by atoms with Gasteiger partial charge in [-0.3, -0.25) is 14.2 Å². The fraction of sp³-hybridized carbons (Fsp3) is 0.118. The van der Waals surface area contributed by atoms with Crippen LogP contribution in [0.3, 0.4) is 0 Å². The van der Waals surface area contributed by atoms with Crippen LogP contribution in [-0.4, -0.2) is 22.4 Å². The lowest BCUT2D eigenvalue weighted by Crippen LogP contribution is -2.24. The number of methoxy groups -OCH3 is 1. The van der Waals surface area contributed by atoms with Gasteiger partial charge in [0.15, 0.2) is 5.78 Å². The van der Waals surface area contributed by atoms with E-state index in [1.807, 2.05) is 0 Å². The molecule has 0 N–H and O–H groups in total. The molecule has 5 nitrogen and oxygen atoms in total. The van der Waals surface area contributed by atoms with Crippen LogP contribution in [0.2, 0.25) is 5.02 Å². The molecule has 0 aliphatic carbocycles. The number of ketones is 1.